The fourth-order valence-electron chi connectivity index (χ4n) is 3.82. The topological polar surface area (TPSA) is 74.2 Å². The number of carbonyl (C=O) groups excluding carboxylic acids is 2. The van der Waals surface area contributed by atoms with Crippen molar-refractivity contribution >= 4 is 23.4 Å². The van der Waals surface area contributed by atoms with Crippen LogP contribution in [0.1, 0.15) is 31.9 Å². The van der Waals surface area contributed by atoms with Crippen LogP contribution in [0.25, 0.3) is 0 Å². The first kappa shape index (κ1) is 22.7. The van der Waals surface area contributed by atoms with E-state index in [2.05, 4.69) is 10.5 Å². The maximum atomic E-state index is 15.0. The molecule has 0 aliphatic carbocycles. The second kappa shape index (κ2) is 9.17. The number of halogens is 2. The molecule has 9 heteroatoms. The molecule has 2 aromatic rings. The molecule has 2 aromatic carbocycles. The number of benzene rings is 2. The molecule has 0 aromatic heterocycles. The van der Waals surface area contributed by atoms with E-state index in [9.17, 15) is 18.4 Å². The van der Waals surface area contributed by atoms with Gasteiger partial charge in [-0.25, -0.2) is 8.78 Å². The summed E-state index contributed by atoms with van der Waals surface area (Å²) in [5.74, 6) is -1.61. The Morgan fingerprint density at radius 2 is 1.97 bits per heavy atom. The Morgan fingerprint density at radius 3 is 2.58 bits per heavy atom. The number of hydrazone groups is 1. The minimum Gasteiger partial charge on any atom is -0.451 e. The number of carbonyl (C=O) groups is 2. The Hall–Kier alpha value is -3.49. The first-order valence-electron chi connectivity index (χ1n) is 10.9. The van der Waals surface area contributed by atoms with Gasteiger partial charge in [-0.15, -0.1) is 5.10 Å². The molecule has 1 N–H and O–H groups in total. The SMILES string of the molecule is CC1NN=C(c2ccc(CN(C(=O)C3CN(C(=O)C(C)C)C3)c3cccc(F)c3)c(F)c2)O1. The van der Waals surface area contributed by atoms with E-state index in [1.165, 1.54) is 29.2 Å². The Bertz CT molecular complexity index is 1100. The quantitative estimate of drug-likeness (QED) is 0.724. The zero-order valence-electron chi connectivity index (χ0n) is 18.7. The second-order valence-electron chi connectivity index (χ2n) is 8.61. The number of nitrogens with zero attached hydrogens (tertiary/aromatic N) is 3. The van der Waals surface area contributed by atoms with Crippen molar-refractivity contribution in [1.29, 1.82) is 0 Å². The summed E-state index contributed by atoms with van der Waals surface area (Å²) < 4.78 is 34.4. The maximum Gasteiger partial charge on any atom is 0.240 e. The Labute approximate surface area is 191 Å². The fourth-order valence-corrected chi connectivity index (χ4v) is 3.82. The van der Waals surface area contributed by atoms with Gasteiger partial charge >= 0.3 is 0 Å². The summed E-state index contributed by atoms with van der Waals surface area (Å²) in [5.41, 5.74) is 3.82. The molecule has 2 aliphatic heterocycles. The van der Waals surface area contributed by atoms with Crippen LogP contribution in [0.2, 0.25) is 0 Å². The molecule has 0 spiro atoms. The molecule has 33 heavy (non-hydrogen) atoms. The molecule has 7 nitrogen and oxygen atoms in total. The summed E-state index contributed by atoms with van der Waals surface area (Å²) in [6.07, 6.45) is -0.298. The number of hydrogen-bond donors (Lipinski definition) is 1. The van der Waals surface area contributed by atoms with E-state index in [-0.39, 0.29) is 42.0 Å². The lowest BCUT2D eigenvalue weighted by atomic mass is 9.95. The van der Waals surface area contributed by atoms with E-state index >= 15 is 0 Å². The first-order valence-corrected chi connectivity index (χ1v) is 10.9. The molecule has 174 valence electrons. The van der Waals surface area contributed by atoms with E-state index in [0.29, 0.717) is 24.3 Å². The third-order valence-electron chi connectivity index (χ3n) is 5.69. The van der Waals surface area contributed by atoms with Gasteiger partial charge in [-0.2, -0.15) is 0 Å². The molecule has 4 rings (SSSR count). The van der Waals surface area contributed by atoms with Crippen molar-refractivity contribution in [3.63, 3.8) is 0 Å². The Kier molecular flexibility index (Phi) is 6.31. The van der Waals surface area contributed by atoms with Gasteiger partial charge in [0.05, 0.1) is 12.5 Å². The summed E-state index contributed by atoms with van der Waals surface area (Å²) in [7, 11) is 0. The number of ether oxygens (including phenoxy) is 1. The lowest BCUT2D eigenvalue weighted by Crippen LogP contribution is -2.57. The predicted octanol–water partition coefficient (Wildman–Crippen LogP) is 3.24. The highest BCUT2D eigenvalue weighted by Crippen LogP contribution is 2.27. The summed E-state index contributed by atoms with van der Waals surface area (Å²) in [4.78, 5) is 28.5. The van der Waals surface area contributed by atoms with Crippen molar-refractivity contribution in [3.05, 3.63) is 65.2 Å². The Morgan fingerprint density at radius 1 is 1.21 bits per heavy atom. The number of hydrogen-bond acceptors (Lipinski definition) is 5. The molecule has 1 fully saturated rings. The van der Waals surface area contributed by atoms with Gasteiger partial charge < -0.3 is 14.5 Å². The number of likely N-dealkylation sites (tertiary alicyclic amines) is 1. The summed E-state index contributed by atoms with van der Waals surface area (Å²) in [5, 5.41) is 4.02. The van der Waals surface area contributed by atoms with E-state index in [1.54, 1.807) is 30.0 Å². The van der Waals surface area contributed by atoms with E-state index in [1.807, 2.05) is 13.8 Å². The van der Waals surface area contributed by atoms with E-state index < -0.39 is 17.6 Å². The predicted molar refractivity (Wildman–Crippen MR) is 119 cm³/mol. The number of anilines is 1. The molecule has 1 unspecified atom stereocenters. The molecule has 0 saturated carbocycles. The molecule has 2 heterocycles. The monoisotopic (exact) mass is 456 g/mol. The highest BCUT2D eigenvalue weighted by molar-refractivity contribution is 5.97. The molecule has 2 aliphatic rings. The average Bonchev–Trinajstić information content (AvgIpc) is 3.17. The van der Waals surface area contributed by atoms with Gasteiger partial charge in [-0.05, 0) is 37.3 Å². The minimum atomic E-state index is -0.530. The zero-order valence-corrected chi connectivity index (χ0v) is 18.7. The highest BCUT2D eigenvalue weighted by Gasteiger charge is 2.39. The summed E-state index contributed by atoms with van der Waals surface area (Å²) in [6, 6.07) is 10.2. The van der Waals surface area contributed by atoms with Crippen LogP contribution in [0.3, 0.4) is 0 Å². The van der Waals surface area contributed by atoms with Gasteiger partial charge in [0.2, 0.25) is 17.7 Å². The van der Waals surface area contributed by atoms with E-state index in [0.717, 1.165) is 0 Å². The third kappa shape index (κ3) is 4.81. The van der Waals surface area contributed by atoms with Crippen molar-refractivity contribution in [1.82, 2.24) is 10.3 Å². The van der Waals surface area contributed by atoms with Crippen LogP contribution in [0, 0.1) is 23.5 Å². The highest BCUT2D eigenvalue weighted by atomic mass is 19.1. The lowest BCUT2D eigenvalue weighted by molar-refractivity contribution is -0.144. The van der Waals surface area contributed by atoms with Crippen LogP contribution in [0.5, 0.6) is 0 Å². The maximum absolute atomic E-state index is 15.0. The van der Waals surface area contributed by atoms with Crippen molar-refractivity contribution in [2.24, 2.45) is 16.9 Å². The van der Waals surface area contributed by atoms with Gasteiger partial charge in [-0.3, -0.25) is 15.0 Å². The van der Waals surface area contributed by atoms with Crippen molar-refractivity contribution in [2.75, 3.05) is 18.0 Å². The van der Waals surface area contributed by atoms with Gasteiger partial charge in [-0.1, -0.05) is 26.0 Å². The van der Waals surface area contributed by atoms with Gasteiger partial charge in [0.15, 0.2) is 6.23 Å². The summed E-state index contributed by atoms with van der Waals surface area (Å²) in [6.45, 7) is 5.91. The average molecular weight is 456 g/mol. The molecule has 2 amide bonds. The first-order chi connectivity index (χ1) is 15.7. The largest absolute Gasteiger partial charge is 0.451 e. The molecule has 1 atom stereocenters. The molecular formula is C24H26F2N4O3. The number of rotatable bonds is 6. The molecule has 0 radical (unpaired) electrons. The normalized spacial score (nSPS) is 17.8. The van der Waals surface area contributed by atoms with Crippen LogP contribution < -0.4 is 10.3 Å². The van der Waals surface area contributed by atoms with Crippen molar-refractivity contribution in [3.8, 4) is 0 Å². The van der Waals surface area contributed by atoms with Crippen molar-refractivity contribution in [2.45, 2.75) is 33.5 Å². The van der Waals surface area contributed by atoms with Crippen LogP contribution in [0.4, 0.5) is 14.5 Å². The smallest absolute Gasteiger partial charge is 0.240 e. The Balaban J connectivity index is 1.55. The standard InChI is InChI=1S/C24H26F2N4O3/c1-14(2)23(31)29-11-18(12-29)24(32)30(20-6-4-5-19(25)10-20)13-17-8-7-16(9-21(17)26)22-28-27-15(3)33-22/h4-10,14-15,18,27H,11-13H2,1-3H3. The van der Waals surface area contributed by atoms with Crippen molar-refractivity contribution < 1.29 is 23.1 Å². The van der Waals surface area contributed by atoms with Crippen LogP contribution in [-0.4, -0.2) is 41.9 Å². The number of amides is 2. The zero-order chi connectivity index (χ0) is 23.7. The lowest BCUT2D eigenvalue weighted by Gasteiger charge is -2.41. The van der Waals surface area contributed by atoms with Gasteiger partial charge in [0, 0.05) is 35.8 Å². The van der Waals surface area contributed by atoms with Gasteiger partial charge in [0.1, 0.15) is 11.6 Å². The second-order valence-corrected chi connectivity index (χ2v) is 8.61. The van der Waals surface area contributed by atoms with Gasteiger partial charge in [0.25, 0.3) is 0 Å². The fraction of sp³-hybridized carbons (Fsp3) is 0.375. The van der Waals surface area contributed by atoms with Crippen LogP contribution >= 0.6 is 0 Å². The molecular weight excluding hydrogens is 430 g/mol. The number of nitrogens with one attached hydrogen (secondary N) is 1. The van der Waals surface area contributed by atoms with E-state index in [4.69, 9.17) is 4.74 Å². The third-order valence-corrected chi connectivity index (χ3v) is 5.69. The molecule has 1 saturated heterocycles. The minimum absolute atomic E-state index is 0.0150. The molecule has 0 bridgehead atoms. The summed E-state index contributed by atoms with van der Waals surface area (Å²) >= 11 is 0. The van der Waals surface area contributed by atoms with Crippen LogP contribution in [-0.2, 0) is 20.9 Å². The van der Waals surface area contributed by atoms with Crippen LogP contribution in [0.15, 0.2) is 47.6 Å².